The third-order valence-electron chi connectivity index (χ3n) is 2.80. The van der Waals surface area contributed by atoms with Crippen molar-refractivity contribution in [1.29, 1.82) is 0 Å². The standard InChI is InChI=1S/C13H14ClFN2S/c1-3-11-7(2)18-13(17-11)12(16)9-6-8(14)4-5-10(9)15/h4-6,12H,3,16H2,1-2H3. The zero-order valence-corrected chi connectivity index (χ0v) is 11.8. The fraction of sp³-hybridized carbons (Fsp3) is 0.308. The quantitative estimate of drug-likeness (QED) is 0.930. The maximum atomic E-state index is 13.7. The summed E-state index contributed by atoms with van der Waals surface area (Å²) in [5.74, 6) is -0.349. The molecule has 5 heteroatoms. The number of hydrogen-bond acceptors (Lipinski definition) is 3. The molecule has 0 fully saturated rings. The van der Waals surface area contributed by atoms with E-state index in [1.807, 2.05) is 13.8 Å². The fourth-order valence-corrected chi connectivity index (χ4v) is 3.01. The Balaban J connectivity index is 2.40. The first-order chi connectivity index (χ1) is 8.52. The van der Waals surface area contributed by atoms with Gasteiger partial charge in [0, 0.05) is 15.5 Å². The molecule has 2 N–H and O–H groups in total. The molecule has 0 radical (unpaired) electrons. The van der Waals surface area contributed by atoms with Gasteiger partial charge in [-0.1, -0.05) is 18.5 Å². The second-order valence-corrected chi connectivity index (χ2v) is 5.72. The van der Waals surface area contributed by atoms with Crippen molar-refractivity contribution in [3.05, 3.63) is 50.2 Å². The van der Waals surface area contributed by atoms with Gasteiger partial charge in [0.25, 0.3) is 0 Å². The third-order valence-corrected chi connectivity index (χ3v) is 4.13. The third kappa shape index (κ3) is 2.55. The van der Waals surface area contributed by atoms with Crippen molar-refractivity contribution in [2.24, 2.45) is 5.73 Å². The predicted molar refractivity (Wildman–Crippen MR) is 73.7 cm³/mol. The topological polar surface area (TPSA) is 38.9 Å². The molecule has 0 spiro atoms. The first kappa shape index (κ1) is 13.5. The van der Waals surface area contributed by atoms with Gasteiger partial charge >= 0.3 is 0 Å². The van der Waals surface area contributed by atoms with Crippen LogP contribution in [0.3, 0.4) is 0 Å². The van der Waals surface area contributed by atoms with Gasteiger partial charge in [0.2, 0.25) is 0 Å². The fourth-order valence-electron chi connectivity index (χ4n) is 1.80. The summed E-state index contributed by atoms with van der Waals surface area (Å²) in [6.07, 6.45) is 0.854. The summed E-state index contributed by atoms with van der Waals surface area (Å²) in [6, 6.07) is 3.84. The number of hydrogen-bond donors (Lipinski definition) is 1. The van der Waals surface area contributed by atoms with Crippen LogP contribution in [0.2, 0.25) is 5.02 Å². The maximum Gasteiger partial charge on any atom is 0.128 e. The Hall–Kier alpha value is -0.970. The lowest BCUT2D eigenvalue weighted by Gasteiger charge is -2.10. The summed E-state index contributed by atoms with van der Waals surface area (Å²) in [6.45, 7) is 4.04. The van der Waals surface area contributed by atoms with Gasteiger partial charge in [-0.25, -0.2) is 9.37 Å². The SMILES string of the molecule is CCc1nc(C(N)c2cc(Cl)ccc2F)sc1C. The second kappa shape index (κ2) is 5.34. The lowest BCUT2D eigenvalue weighted by atomic mass is 10.1. The lowest BCUT2D eigenvalue weighted by molar-refractivity contribution is 0.599. The summed E-state index contributed by atoms with van der Waals surface area (Å²) in [5.41, 5.74) is 7.48. The minimum Gasteiger partial charge on any atom is -0.318 e. The monoisotopic (exact) mass is 284 g/mol. The van der Waals surface area contributed by atoms with Crippen LogP contribution in [0.1, 0.15) is 34.1 Å². The number of rotatable bonds is 3. The molecule has 1 atom stereocenters. The van der Waals surface area contributed by atoms with E-state index in [0.29, 0.717) is 10.6 Å². The molecule has 0 aliphatic rings. The number of aryl methyl sites for hydroxylation is 2. The molecule has 96 valence electrons. The highest BCUT2D eigenvalue weighted by atomic mass is 35.5. The second-order valence-electron chi connectivity index (χ2n) is 4.05. The van der Waals surface area contributed by atoms with Crippen LogP contribution in [0, 0.1) is 12.7 Å². The summed E-state index contributed by atoms with van der Waals surface area (Å²) in [5, 5.41) is 1.20. The Morgan fingerprint density at radius 1 is 1.50 bits per heavy atom. The van der Waals surface area contributed by atoms with Gasteiger partial charge in [-0.3, -0.25) is 0 Å². The van der Waals surface area contributed by atoms with Crippen molar-refractivity contribution in [3.8, 4) is 0 Å². The first-order valence-corrected chi connectivity index (χ1v) is 6.89. The van der Waals surface area contributed by atoms with Gasteiger partial charge in [-0.2, -0.15) is 0 Å². The number of nitrogens with two attached hydrogens (primary N) is 1. The van der Waals surface area contributed by atoms with E-state index in [9.17, 15) is 4.39 Å². The smallest absolute Gasteiger partial charge is 0.128 e. The van der Waals surface area contributed by atoms with E-state index in [-0.39, 0.29) is 5.82 Å². The summed E-state index contributed by atoms with van der Waals surface area (Å²) in [4.78, 5) is 5.59. The Kier molecular flexibility index (Phi) is 4.00. The van der Waals surface area contributed by atoms with Gasteiger partial charge in [0.05, 0.1) is 11.7 Å². The Morgan fingerprint density at radius 3 is 2.83 bits per heavy atom. The molecule has 1 unspecified atom stereocenters. The average Bonchev–Trinajstić information content (AvgIpc) is 2.73. The molecule has 2 aromatic rings. The van der Waals surface area contributed by atoms with E-state index < -0.39 is 6.04 Å². The van der Waals surface area contributed by atoms with Gasteiger partial charge < -0.3 is 5.73 Å². The zero-order chi connectivity index (χ0) is 13.3. The molecule has 0 bridgehead atoms. The molecule has 18 heavy (non-hydrogen) atoms. The minimum absolute atomic E-state index is 0.349. The van der Waals surface area contributed by atoms with Crippen LogP contribution >= 0.6 is 22.9 Å². The predicted octanol–water partition coefficient (Wildman–Crippen LogP) is 3.85. The van der Waals surface area contributed by atoms with E-state index in [2.05, 4.69) is 4.98 Å². The molecule has 2 nitrogen and oxygen atoms in total. The number of aromatic nitrogens is 1. The molecule has 0 aliphatic carbocycles. The summed E-state index contributed by atoms with van der Waals surface area (Å²) >= 11 is 7.38. The van der Waals surface area contributed by atoms with Crippen LogP contribution < -0.4 is 5.73 Å². The van der Waals surface area contributed by atoms with Gasteiger partial charge in [-0.15, -0.1) is 11.3 Å². The highest BCUT2D eigenvalue weighted by molar-refractivity contribution is 7.11. The molecule has 1 heterocycles. The number of halogens is 2. The van der Waals surface area contributed by atoms with E-state index >= 15 is 0 Å². The van der Waals surface area contributed by atoms with Gasteiger partial charge in [0.1, 0.15) is 10.8 Å². The van der Waals surface area contributed by atoms with Crippen LogP contribution in [-0.2, 0) is 6.42 Å². The van der Waals surface area contributed by atoms with Crippen molar-refractivity contribution in [2.75, 3.05) is 0 Å². The zero-order valence-electron chi connectivity index (χ0n) is 10.2. The Bertz CT molecular complexity index is 568. The molecule has 0 saturated heterocycles. The van der Waals surface area contributed by atoms with E-state index in [1.54, 1.807) is 6.07 Å². The van der Waals surface area contributed by atoms with Crippen LogP contribution in [0.15, 0.2) is 18.2 Å². The molecule has 1 aromatic heterocycles. The van der Waals surface area contributed by atoms with Crippen molar-refractivity contribution in [1.82, 2.24) is 4.98 Å². The molecule has 0 amide bonds. The molecular formula is C13H14ClFN2S. The van der Waals surface area contributed by atoms with Crippen LogP contribution in [-0.4, -0.2) is 4.98 Å². The summed E-state index contributed by atoms with van der Waals surface area (Å²) in [7, 11) is 0. The minimum atomic E-state index is -0.562. The molecular weight excluding hydrogens is 271 g/mol. The normalized spacial score (nSPS) is 12.7. The van der Waals surface area contributed by atoms with Crippen molar-refractivity contribution in [3.63, 3.8) is 0 Å². The van der Waals surface area contributed by atoms with Crippen molar-refractivity contribution >= 4 is 22.9 Å². The maximum absolute atomic E-state index is 13.7. The molecule has 0 saturated carbocycles. The molecule has 0 aliphatic heterocycles. The van der Waals surface area contributed by atoms with Crippen molar-refractivity contribution < 1.29 is 4.39 Å². The van der Waals surface area contributed by atoms with Crippen LogP contribution in [0.5, 0.6) is 0 Å². The summed E-state index contributed by atoms with van der Waals surface area (Å²) < 4.78 is 13.7. The highest BCUT2D eigenvalue weighted by Crippen LogP contribution is 2.29. The number of benzene rings is 1. The molecule has 2 rings (SSSR count). The lowest BCUT2D eigenvalue weighted by Crippen LogP contribution is -2.13. The molecule has 1 aromatic carbocycles. The largest absolute Gasteiger partial charge is 0.318 e. The van der Waals surface area contributed by atoms with Crippen molar-refractivity contribution in [2.45, 2.75) is 26.3 Å². The Labute approximate surface area is 115 Å². The van der Waals surface area contributed by atoms with E-state index in [0.717, 1.165) is 22.0 Å². The van der Waals surface area contributed by atoms with E-state index in [4.69, 9.17) is 17.3 Å². The first-order valence-electron chi connectivity index (χ1n) is 5.69. The van der Waals surface area contributed by atoms with Gasteiger partial charge in [0.15, 0.2) is 0 Å². The van der Waals surface area contributed by atoms with Crippen LogP contribution in [0.25, 0.3) is 0 Å². The average molecular weight is 285 g/mol. The number of nitrogens with zero attached hydrogens (tertiary/aromatic N) is 1. The van der Waals surface area contributed by atoms with Crippen LogP contribution in [0.4, 0.5) is 4.39 Å². The van der Waals surface area contributed by atoms with E-state index in [1.165, 1.54) is 23.5 Å². The number of thiazole rings is 1. The highest BCUT2D eigenvalue weighted by Gasteiger charge is 2.18. The Morgan fingerprint density at radius 2 is 2.22 bits per heavy atom. The van der Waals surface area contributed by atoms with Gasteiger partial charge in [-0.05, 0) is 31.5 Å².